The number of benzene rings is 7. The van der Waals surface area contributed by atoms with Gasteiger partial charge in [0, 0.05) is 50.2 Å². The molecule has 0 spiro atoms. The van der Waals surface area contributed by atoms with Crippen molar-refractivity contribution in [1.82, 2.24) is 19.1 Å². The number of pyridine rings is 2. The van der Waals surface area contributed by atoms with Crippen molar-refractivity contribution >= 4 is 43.7 Å². The van der Waals surface area contributed by atoms with Crippen molar-refractivity contribution in [1.29, 1.82) is 0 Å². The largest absolute Gasteiger partial charge is 0.309 e. The fourth-order valence-corrected chi connectivity index (χ4v) is 8.42. The van der Waals surface area contributed by atoms with Crippen LogP contribution in [0.1, 0.15) is 0 Å². The predicted octanol–water partition coefficient (Wildman–Crippen LogP) is 13.3. The molecule has 262 valence electrons. The molecule has 0 amide bonds. The van der Waals surface area contributed by atoms with Gasteiger partial charge in [0.2, 0.25) is 0 Å². The van der Waals surface area contributed by atoms with Gasteiger partial charge in [-0.15, -0.1) is 0 Å². The Balaban J connectivity index is 1.10. The summed E-state index contributed by atoms with van der Waals surface area (Å²) < 4.78 is 4.69. The average molecular weight is 715 g/mol. The van der Waals surface area contributed by atoms with Crippen LogP contribution < -0.4 is 0 Å². The predicted molar refractivity (Wildman–Crippen MR) is 232 cm³/mol. The van der Waals surface area contributed by atoms with Crippen LogP contribution in [-0.4, -0.2) is 19.1 Å². The first-order chi connectivity index (χ1) is 27.8. The maximum Gasteiger partial charge on any atom is 0.145 e. The summed E-state index contributed by atoms with van der Waals surface area (Å²) in [5, 5.41) is 4.77. The molecule has 4 heterocycles. The number of aromatic nitrogens is 4. The van der Waals surface area contributed by atoms with Crippen LogP contribution in [-0.2, 0) is 0 Å². The molecule has 11 aromatic rings. The smallest absolute Gasteiger partial charge is 0.145 e. The Bertz CT molecular complexity index is 3170. The lowest BCUT2D eigenvalue weighted by Gasteiger charge is -2.13. The second-order valence-electron chi connectivity index (χ2n) is 14.2. The average Bonchev–Trinajstić information content (AvgIpc) is 3.80. The van der Waals surface area contributed by atoms with Crippen molar-refractivity contribution in [2.24, 2.45) is 0 Å². The normalized spacial score (nSPS) is 11.6. The Hall–Kier alpha value is -7.56. The van der Waals surface area contributed by atoms with Crippen molar-refractivity contribution in [3.05, 3.63) is 206 Å². The monoisotopic (exact) mass is 714 g/mol. The van der Waals surface area contributed by atoms with E-state index in [1.54, 1.807) is 0 Å². The molecule has 0 atom stereocenters. The van der Waals surface area contributed by atoms with Crippen molar-refractivity contribution in [2.45, 2.75) is 0 Å². The molecule has 0 saturated heterocycles. The summed E-state index contributed by atoms with van der Waals surface area (Å²) >= 11 is 0. The molecule has 0 fully saturated rings. The number of nitrogens with zero attached hydrogens (tertiary/aromatic N) is 4. The molecule has 11 rings (SSSR count). The van der Waals surface area contributed by atoms with Crippen LogP contribution in [0.5, 0.6) is 0 Å². The van der Waals surface area contributed by atoms with Crippen molar-refractivity contribution in [3.8, 4) is 56.1 Å². The van der Waals surface area contributed by atoms with Gasteiger partial charge in [0.05, 0.1) is 27.9 Å². The lowest BCUT2D eigenvalue weighted by Crippen LogP contribution is -1.96. The molecular weight excluding hydrogens is 681 g/mol. The van der Waals surface area contributed by atoms with Crippen molar-refractivity contribution < 1.29 is 0 Å². The van der Waals surface area contributed by atoms with Crippen LogP contribution in [0.25, 0.3) is 99.9 Å². The molecule has 4 aromatic heterocycles. The van der Waals surface area contributed by atoms with Crippen LogP contribution in [0.4, 0.5) is 0 Å². The second kappa shape index (κ2) is 13.1. The first kappa shape index (κ1) is 31.9. The zero-order chi connectivity index (χ0) is 37.0. The van der Waals surface area contributed by atoms with Gasteiger partial charge in [-0.2, -0.15) is 0 Å². The fraction of sp³-hybridized carbons (Fsp3) is 0. The maximum atomic E-state index is 5.25. The maximum absolute atomic E-state index is 5.25. The minimum atomic E-state index is 0.935. The van der Waals surface area contributed by atoms with E-state index >= 15 is 0 Å². The molecule has 0 unspecified atom stereocenters. The molecule has 0 aliphatic carbocycles. The number of hydrogen-bond donors (Lipinski definition) is 0. The van der Waals surface area contributed by atoms with E-state index in [4.69, 9.17) is 9.97 Å². The molecule has 0 radical (unpaired) electrons. The molecular formula is C52H34N4. The summed E-state index contributed by atoms with van der Waals surface area (Å²) in [6.45, 7) is 0. The third kappa shape index (κ3) is 5.23. The van der Waals surface area contributed by atoms with Gasteiger partial charge in [0.25, 0.3) is 0 Å². The van der Waals surface area contributed by atoms with Crippen LogP contribution >= 0.6 is 0 Å². The van der Waals surface area contributed by atoms with Crippen LogP contribution in [0.15, 0.2) is 206 Å². The van der Waals surface area contributed by atoms with Gasteiger partial charge < -0.3 is 4.57 Å². The quantitative estimate of drug-likeness (QED) is 0.172. The zero-order valence-electron chi connectivity index (χ0n) is 30.4. The minimum absolute atomic E-state index is 0.935. The van der Waals surface area contributed by atoms with Gasteiger partial charge in [0.15, 0.2) is 0 Å². The lowest BCUT2D eigenvalue weighted by molar-refractivity contribution is 1.14. The van der Waals surface area contributed by atoms with E-state index in [0.29, 0.717) is 0 Å². The van der Waals surface area contributed by atoms with Gasteiger partial charge in [0.1, 0.15) is 5.65 Å². The highest BCUT2D eigenvalue weighted by molar-refractivity contribution is 6.17. The molecule has 4 nitrogen and oxygen atoms in total. The molecule has 0 saturated carbocycles. The molecule has 0 bridgehead atoms. The Morgan fingerprint density at radius 3 is 1.80 bits per heavy atom. The van der Waals surface area contributed by atoms with Crippen LogP contribution in [0.3, 0.4) is 0 Å². The van der Waals surface area contributed by atoms with Gasteiger partial charge in [-0.05, 0) is 89.0 Å². The number of para-hydroxylation sites is 2. The number of rotatable bonds is 6. The van der Waals surface area contributed by atoms with E-state index < -0.39 is 0 Å². The third-order valence-corrected chi connectivity index (χ3v) is 11.0. The Morgan fingerprint density at radius 2 is 0.982 bits per heavy atom. The molecule has 0 aliphatic rings. The Morgan fingerprint density at radius 1 is 0.339 bits per heavy atom. The van der Waals surface area contributed by atoms with Crippen molar-refractivity contribution in [2.75, 3.05) is 0 Å². The van der Waals surface area contributed by atoms with E-state index in [1.807, 2.05) is 18.3 Å². The molecule has 0 N–H and O–H groups in total. The molecule has 7 aromatic carbocycles. The summed E-state index contributed by atoms with van der Waals surface area (Å²) in [6, 6.07) is 71.3. The highest BCUT2D eigenvalue weighted by atomic mass is 15.0. The second-order valence-corrected chi connectivity index (χ2v) is 14.2. The third-order valence-electron chi connectivity index (χ3n) is 11.0. The van der Waals surface area contributed by atoms with Gasteiger partial charge in [-0.3, -0.25) is 4.57 Å². The summed E-state index contributed by atoms with van der Waals surface area (Å²) in [6.07, 6.45) is 1.88. The fourth-order valence-electron chi connectivity index (χ4n) is 8.42. The van der Waals surface area contributed by atoms with E-state index in [9.17, 15) is 0 Å². The molecule has 4 heteroatoms. The summed E-state index contributed by atoms with van der Waals surface area (Å²) in [5.74, 6) is 0. The number of fused-ring (bicyclic) bond motifs is 6. The molecule has 0 aliphatic heterocycles. The van der Waals surface area contributed by atoms with Gasteiger partial charge >= 0.3 is 0 Å². The topological polar surface area (TPSA) is 35.6 Å². The summed E-state index contributed by atoms with van der Waals surface area (Å²) in [7, 11) is 0. The van der Waals surface area contributed by atoms with Crippen LogP contribution in [0, 0.1) is 0 Å². The van der Waals surface area contributed by atoms with E-state index in [1.165, 1.54) is 21.7 Å². The van der Waals surface area contributed by atoms with E-state index in [2.05, 4.69) is 197 Å². The Labute approximate surface area is 324 Å². The zero-order valence-corrected chi connectivity index (χ0v) is 30.4. The summed E-state index contributed by atoms with van der Waals surface area (Å²) in [5.41, 5.74) is 15.3. The number of hydrogen-bond acceptors (Lipinski definition) is 2. The first-order valence-corrected chi connectivity index (χ1v) is 19.0. The van der Waals surface area contributed by atoms with E-state index in [0.717, 1.165) is 78.2 Å². The highest BCUT2D eigenvalue weighted by Crippen LogP contribution is 2.41. The first-order valence-electron chi connectivity index (χ1n) is 19.0. The minimum Gasteiger partial charge on any atom is -0.309 e. The summed E-state index contributed by atoms with van der Waals surface area (Å²) in [4.78, 5) is 10.1. The van der Waals surface area contributed by atoms with E-state index in [-0.39, 0.29) is 0 Å². The highest BCUT2D eigenvalue weighted by Gasteiger charge is 2.19. The lowest BCUT2D eigenvalue weighted by atomic mass is 9.98. The van der Waals surface area contributed by atoms with Crippen molar-refractivity contribution in [3.63, 3.8) is 0 Å². The van der Waals surface area contributed by atoms with Crippen LogP contribution in [0.2, 0.25) is 0 Å². The standard InChI is InChI=1S/C52H34N4/c1-4-15-35(16-5-1)39-32-46(36-17-6-2-7-18-36)54-47(33-39)38-19-12-22-41(31-38)55-48-26-11-10-23-45(48)51-42(24-13-27-49(51)55)37-28-29-43-44-25-14-30-53-52(44)56(50(43)34-37)40-20-8-3-9-21-40/h1-34H. The SMILES string of the molecule is c1ccc(-c2cc(-c3ccccc3)nc(-c3cccc(-n4c5ccccc5c5c(-c6ccc7c8cccnc8n(-c8ccccc8)c7c6)cccc54)c3)c2)cc1. The van der Waals surface area contributed by atoms with Gasteiger partial charge in [-0.1, -0.05) is 133 Å². The Kier molecular flexibility index (Phi) is 7.46. The van der Waals surface area contributed by atoms with Gasteiger partial charge in [-0.25, -0.2) is 9.97 Å². The molecule has 56 heavy (non-hydrogen) atoms.